The van der Waals surface area contributed by atoms with E-state index in [1.165, 1.54) is 4.90 Å². The third kappa shape index (κ3) is 4.26. The topological polar surface area (TPSA) is 64.5 Å². The van der Waals surface area contributed by atoms with Crippen molar-refractivity contribution in [1.82, 2.24) is 9.13 Å². The largest absolute Gasteiger partial charge is 0.370 e. The first-order valence-corrected chi connectivity index (χ1v) is 10.4. The molecule has 2 N–H and O–H groups in total. The summed E-state index contributed by atoms with van der Waals surface area (Å²) in [6.45, 7) is 5.28. The van der Waals surface area contributed by atoms with E-state index < -0.39 is 0 Å². The van der Waals surface area contributed by atoms with Gasteiger partial charge < -0.3 is 18.8 Å². The Bertz CT molecular complexity index is 1100. The Balaban J connectivity index is 1.62. The van der Waals surface area contributed by atoms with Crippen LogP contribution in [0.1, 0.15) is 10.4 Å². The van der Waals surface area contributed by atoms with Gasteiger partial charge in [-0.1, -0.05) is 35.3 Å². The fourth-order valence-electron chi connectivity index (χ4n) is 3.77. The van der Waals surface area contributed by atoms with Crippen LogP contribution in [0, 0.1) is 5.41 Å². The third-order valence-corrected chi connectivity index (χ3v) is 6.15. The molecule has 1 fully saturated rings. The van der Waals surface area contributed by atoms with Crippen LogP contribution in [-0.2, 0) is 17.8 Å². The quantitative estimate of drug-likeness (QED) is 0.584. The van der Waals surface area contributed by atoms with E-state index in [4.69, 9.17) is 33.3 Å². The highest BCUT2D eigenvalue weighted by Gasteiger charge is 2.18. The molecule has 2 heterocycles. The number of ketones is 1. The van der Waals surface area contributed by atoms with Gasteiger partial charge in [-0.2, -0.15) is 0 Å². The molecule has 3 aromatic rings. The van der Waals surface area contributed by atoms with Crippen molar-refractivity contribution >= 4 is 40.0 Å². The van der Waals surface area contributed by atoms with Crippen molar-refractivity contribution in [3.05, 3.63) is 63.7 Å². The summed E-state index contributed by atoms with van der Waals surface area (Å²) in [7, 11) is 0. The maximum atomic E-state index is 12.9. The zero-order chi connectivity index (χ0) is 20.4. The maximum absolute atomic E-state index is 12.9. The molecule has 8 heteroatoms. The summed E-state index contributed by atoms with van der Waals surface area (Å²) in [6.07, 6.45) is 0. The van der Waals surface area contributed by atoms with E-state index in [1.54, 1.807) is 22.8 Å². The number of hydrogen-bond donors (Lipinski definition) is 2. The minimum Gasteiger partial charge on any atom is -0.370 e. The molecule has 29 heavy (non-hydrogen) atoms. The van der Waals surface area contributed by atoms with E-state index >= 15 is 0 Å². The van der Waals surface area contributed by atoms with Gasteiger partial charge in [0.1, 0.15) is 13.1 Å². The van der Waals surface area contributed by atoms with Gasteiger partial charge in [0, 0.05) is 5.56 Å². The molecule has 0 aliphatic carbocycles. The van der Waals surface area contributed by atoms with E-state index in [0.29, 0.717) is 21.2 Å². The molecular formula is C21H23Cl2N4O2+. The van der Waals surface area contributed by atoms with Crippen molar-refractivity contribution in [3.8, 4) is 0 Å². The van der Waals surface area contributed by atoms with Crippen LogP contribution in [0.15, 0.2) is 42.5 Å². The molecule has 0 unspecified atom stereocenters. The molecule has 152 valence electrons. The van der Waals surface area contributed by atoms with E-state index in [-0.39, 0.29) is 12.3 Å². The molecule has 0 radical (unpaired) electrons. The van der Waals surface area contributed by atoms with Crippen molar-refractivity contribution in [2.75, 3.05) is 32.8 Å². The van der Waals surface area contributed by atoms with Gasteiger partial charge in [-0.3, -0.25) is 10.2 Å². The van der Waals surface area contributed by atoms with Gasteiger partial charge in [-0.25, -0.2) is 0 Å². The number of nitrogens with zero attached hydrogens (tertiary/aromatic N) is 2. The van der Waals surface area contributed by atoms with Gasteiger partial charge in [-0.15, -0.1) is 0 Å². The lowest BCUT2D eigenvalue weighted by Crippen LogP contribution is -3.14. The number of morpholine rings is 1. The molecule has 1 saturated heterocycles. The third-order valence-electron chi connectivity index (χ3n) is 5.41. The number of para-hydroxylation sites is 2. The highest BCUT2D eigenvalue weighted by molar-refractivity contribution is 6.42. The number of quaternary nitrogens is 1. The lowest BCUT2D eigenvalue weighted by Gasteiger charge is -2.23. The highest BCUT2D eigenvalue weighted by Crippen LogP contribution is 2.23. The Morgan fingerprint density at radius 3 is 2.41 bits per heavy atom. The number of hydrogen-bond acceptors (Lipinski definition) is 3. The number of nitrogens with one attached hydrogen (secondary N) is 2. The smallest absolute Gasteiger partial charge is 0.203 e. The van der Waals surface area contributed by atoms with Crippen LogP contribution < -0.4 is 10.5 Å². The van der Waals surface area contributed by atoms with Gasteiger partial charge in [0.15, 0.2) is 5.78 Å². The van der Waals surface area contributed by atoms with Gasteiger partial charge in [0.05, 0.1) is 53.9 Å². The van der Waals surface area contributed by atoms with E-state index in [0.717, 1.165) is 50.4 Å². The van der Waals surface area contributed by atoms with Crippen LogP contribution in [0.3, 0.4) is 0 Å². The second-order valence-electron chi connectivity index (χ2n) is 7.21. The van der Waals surface area contributed by atoms with Gasteiger partial charge in [-0.05, 0) is 30.3 Å². The number of carbonyl (C=O) groups is 1. The van der Waals surface area contributed by atoms with Crippen LogP contribution in [-0.4, -0.2) is 47.8 Å². The van der Waals surface area contributed by atoms with Crippen molar-refractivity contribution < 1.29 is 14.4 Å². The molecule has 2 aromatic carbocycles. The predicted octanol–water partition coefficient (Wildman–Crippen LogP) is 2.03. The molecule has 6 nitrogen and oxygen atoms in total. The second kappa shape index (κ2) is 8.71. The molecule has 0 amide bonds. The van der Waals surface area contributed by atoms with E-state index in [1.807, 2.05) is 28.8 Å². The Kier molecular flexibility index (Phi) is 6.06. The van der Waals surface area contributed by atoms with Crippen LogP contribution in [0.4, 0.5) is 0 Å². The number of ether oxygens (including phenoxy) is 1. The number of Topliss-reactive ketones (excluding diaryl/α,β-unsaturated/α-hetero) is 1. The summed E-state index contributed by atoms with van der Waals surface area (Å²) in [5, 5.41) is 9.48. The average molecular weight is 434 g/mol. The van der Waals surface area contributed by atoms with Crippen molar-refractivity contribution in [1.29, 1.82) is 5.41 Å². The molecular weight excluding hydrogens is 411 g/mol. The van der Waals surface area contributed by atoms with Gasteiger partial charge in [0.25, 0.3) is 0 Å². The molecule has 0 bridgehead atoms. The summed E-state index contributed by atoms with van der Waals surface area (Å²) in [5.74, 6) is -0.108. The molecule has 1 aliphatic rings. The van der Waals surface area contributed by atoms with Crippen molar-refractivity contribution in [2.24, 2.45) is 0 Å². The Morgan fingerprint density at radius 1 is 1.03 bits per heavy atom. The fourth-order valence-corrected chi connectivity index (χ4v) is 4.06. The maximum Gasteiger partial charge on any atom is 0.203 e. The number of rotatable bonds is 6. The predicted molar refractivity (Wildman–Crippen MR) is 113 cm³/mol. The standard InChI is InChI=1S/C21H22Cl2N4O2/c22-16-6-5-15(13-17(16)23)20(28)14-27-19-4-2-1-3-18(19)26(21(27)24)8-7-25-9-11-29-12-10-25/h1-6,13,24H,7-12,14H2/p+1. The Labute approximate surface area is 178 Å². The summed E-state index contributed by atoms with van der Waals surface area (Å²) < 4.78 is 9.17. The lowest BCUT2D eigenvalue weighted by atomic mass is 10.1. The Hall–Kier alpha value is -2.12. The number of carbonyl (C=O) groups excluding carboxylic acids is 1. The van der Waals surface area contributed by atoms with Crippen LogP contribution in [0.5, 0.6) is 0 Å². The number of halogens is 2. The zero-order valence-electron chi connectivity index (χ0n) is 16.0. The Morgan fingerprint density at radius 2 is 1.72 bits per heavy atom. The summed E-state index contributed by atoms with van der Waals surface area (Å²) in [5.41, 5.74) is 2.66. The molecule has 0 saturated carbocycles. The second-order valence-corrected chi connectivity index (χ2v) is 8.03. The molecule has 4 rings (SSSR count). The summed E-state index contributed by atoms with van der Waals surface area (Å²) >= 11 is 12.0. The highest BCUT2D eigenvalue weighted by atomic mass is 35.5. The summed E-state index contributed by atoms with van der Waals surface area (Å²) in [4.78, 5) is 14.3. The normalized spacial score (nSPS) is 15.1. The molecule has 1 aliphatic heterocycles. The lowest BCUT2D eigenvalue weighted by molar-refractivity contribution is -0.908. The first-order chi connectivity index (χ1) is 14.0. The number of imidazole rings is 1. The minimum absolute atomic E-state index is 0.0781. The average Bonchev–Trinajstić information content (AvgIpc) is 3.00. The van der Waals surface area contributed by atoms with Crippen LogP contribution in [0.2, 0.25) is 10.0 Å². The first-order valence-electron chi connectivity index (χ1n) is 9.67. The molecule has 0 atom stereocenters. The van der Waals surface area contributed by atoms with Crippen molar-refractivity contribution in [3.63, 3.8) is 0 Å². The summed E-state index contributed by atoms with van der Waals surface area (Å²) in [6, 6.07) is 12.7. The monoisotopic (exact) mass is 433 g/mol. The van der Waals surface area contributed by atoms with Crippen molar-refractivity contribution in [2.45, 2.75) is 13.1 Å². The SMILES string of the molecule is N=c1n(CC[NH+]2CCOCC2)c2ccccc2n1CC(=O)c1ccc(Cl)c(Cl)c1. The number of aromatic nitrogens is 2. The number of benzene rings is 2. The first kappa shape index (κ1) is 20.2. The van der Waals surface area contributed by atoms with Gasteiger partial charge >= 0.3 is 0 Å². The minimum atomic E-state index is -0.108. The number of fused-ring (bicyclic) bond motifs is 1. The zero-order valence-corrected chi connectivity index (χ0v) is 17.5. The molecule has 0 spiro atoms. The molecule has 1 aromatic heterocycles. The van der Waals surface area contributed by atoms with Crippen LogP contribution >= 0.6 is 23.2 Å². The van der Waals surface area contributed by atoms with E-state index in [2.05, 4.69) is 0 Å². The van der Waals surface area contributed by atoms with Crippen LogP contribution in [0.25, 0.3) is 11.0 Å². The van der Waals surface area contributed by atoms with Gasteiger partial charge in [0.2, 0.25) is 5.62 Å². The van der Waals surface area contributed by atoms with E-state index in [9.17, 15) is 4.79 Å². The fraction of sp³-hybridized carbons (Fsp3) is 0.333.